The number of aromatic nitrogens is 1. The zero-order valence-electron chi connectivity index (χ0n) is 10.3. The molecule has 1 saturated carbocycles. The lowest BCUT2D eigenvalue weighted by Crippen LogP contribution is -2.26. The van der Waals surface area contributed by atoms with Crippen molar-refractivity contribution >= 4 is 22.9 Å². The first-order valence-electron chi connectivity index (χ1n) is 6.26. The van der Waals surface area contributed by atoms with E-state index in [4.69, 9.17) is 5.26 Å². The summed E-state index contributed by atoms with van der Waals surface area (Å²) in [6, 6.07) is 10.0. The van der Waals surface area contributed by atoms with Gasteiger partial charge >= 0.3 is 0 Å². The fraction of sp³-hybridized carbons (Fsp3) is 0.200. The van der Waals surface area contributed by atoms with Crippen LogP contribution >= 0.6 is 0 Å². The van der Waals surface area contributed by atoms with Crippen molar-refractivity contribution in [1.29, 1.82) is 5.26 Å². The highest BCUT2D eigenvalue weighted by molar-refractivity contribution is 6.04. The number of hydrogen-bond donors (Lipinski definition) is 2. The van der Waals surface area contributed by atoms with Crippen LogP contribution < -0.4 is 5.32 Å². The van der Waals surface area contributed by atoms with Gasteiger partial charge in [0.15, 0.2) is 0 Å². The topological polar surface area (TPSA) is 68.7 Å². The lowest BCUT2D eigenvalue weighted by Gasteiger charge is -2.00. The lowest BCUT2D eigenvalue weighted by atomic mass is 10.1. The van der Waals surface area contributed by atoms with Crippen molar-refractivity contribution in [2.24, 2.45) is 0 Å². The first kappa shape index (κ1) is 11.5. The average molecular weight is 251 g/mol. The maximum absolute atomic E-state index is 11.9. The summed E-state index contributed by atoms with van der Waals surface area (Å²) >= 11 is 0. The Morgan fingerprint density at radius 2 is 2.21 bits per heavy atom. The third-order valence-corrected chi connectivity index (χ3v) is 3.20. The quantitative estimate of drug-likeness (QED) is 0.649. The molecule has 2 N–H and O–H groups in total. The van der Waals surface area contributed by atoms with E-state index in [0.29, 0.717) is 0 Å². The molecular formula is C15H13N3O. The van der Waals surface area contributed by atoms with Crippen molar-refractivity contribution in [1.82, 2.24) is 10.3 Å². The number of rotatable bonds is 3. The van der Waals surface area contributed by atoms with Gasteiger partial charge in [-0.3, -0.25) is 4.79 Å². The highest BCUT2D eigenvalue weighted by atomic mass is 16.1. The van der Waals surface area contributed by atoms with Gasteiger partial charge in [0, 0.05) is 28.7 Å². The summed E-state index contributed by atoms with van der Waals surface area (Å²) < 4.78 is 0. The molecule has 1 aromatic heterocycles. The van der Waals surface area contributed by atoms with Crippen LogP contribution in [0.5, 0.6) is 0 Å². The fourth-order valence-electron chi connectivity index (χ4n) is 2.01. The van der Waals surface area contributed by atoms with Crippen LogP contribution in [0.15, 0.2) is 36.0 Å². The Morgan fingerprint density at radius 1 is 1.42 bits per heavy atom. The van der Waals surface area contributed by atoms with Gasteiger partial charge in [0.2, 0.25) is 0 Å². The molecule has 4 nitrogen and oxygen atoms in total. The van der Waals surface area contributed by atoms with Crippen LogP contribution in [0.2, 0.25) is 0 Å². The van der Waals surface area contributed by atoms with E-state index in [0.717, 1.165) is 29.3 Å². The van der Waals surface area contributed by atoms with Gasteiger partial charge in [-0.25, -0.2) is 0 Å². The van der Waals surface area contributed by atoms with E-state index < -0.39 is 0 Å². The molecule has 1 aromatic carbocycles. The number of para-hydroxylation sites is 1. The summed E-state index contributed by atoms with van der Waals surface area (Å²) in [6.45, 7) is 0. The Bertz CT molecular complexity index is 701. The summed E-state index contributed by atoms with van der Waals surface area (Å²) in [5, 5.41) is 12.9. The number of fused-ring (bicyclic) bond motifs is 1. The standard InChI is InChI=1S/C15H13N3O/c16-8-10(15(19)18-12-5-6-12)7-11-9-17-14-4-2-1-3-13(11)14/h1-4,7,9,12,17H,5-6H2,(H,18,19)/b10-7+. The Labute approximate surface area is 110 Å². The Morgan fingerprint density at radius 3 is 2.95 bits per heavy atom. The summed E-state index contributed by atoms with van der Waals surface area (Å²) in [4.78, 5) is 15.0. The summed E-state index contributed by atoms with van der Waals surface area (Å²) in [7, 11) is 0. The van der Waals surface area contributed by atoms with Gasteiger partial charge < -0.3 is 10.3 Å². The molecule has 94 valence electrons. The van der Waals surface area contributed by atoms with Gasteiger partial charge in [0.25, 0.3) is 5.91 Å². The third kappa shape index (κ3) is 2.36. The van der Waals surface area contributed by atoms with Crippen LogP contribution in [-0.2, 0) is 4.79 Å². The maximum atomic E-state index is 11.9. The number of benzene rings is 1. The van der Waals surface area contributed by atoms with Gasteiger partial charge in [0.05, 0.1) is 0 Å². The third-order valence-electron chi connectivity index (χ3n) is 3.20. The van der Waals surface area contributed by atoms with Crippen molar-refractivity contribution in [2.45, 2.75) is 18.9 Å². The van der Waals surface area contributed by atoms with Crippen molar-refractivity contribution in [3.05, 3.63) is 41.6 Å². The predicted octanol–water partition coefficient (Wildman–Crippen LogP) is 2.35. The second-order valence-electron chi connectivity index (χ2n) is 4.71. The number of amides is 1. The molecule has 1 aliphatic carbocycles. The zero-order valence-corrected chi connectivity index (χ0v) is 10.3. The van der Waals surface area contributed by atoms with Gasteiger partial charge in [-0.2, -0.15) is 5.26 Å². The maximum Gasteiger partial charge on any atom is 0.262 e. The zero-order chi connectivity index (χ0) is 13.2. The minimum Gasteiger partial charge on any atom is -0.361 e. The molecule has 0 saturated heterocycles. The molecule has 1 fully saturated rings. The van der Waals surface area contributed by atoms with Crippen molar-refractivity contribution in [3.8, 4) is 6.07 Å². The smallest absolute Gasteiger partial charge is 0.262 e. The predicted molar refractivity (Wildman–Crippen MR) is 73.1 cm³/mol. The summed E-state index contributed by atoms with van der Waals surface area (Å²) in [6.07, 6.45) is 5.47. The highest BCUT2D eigenvalue weighted by Crippen LogP contribution is 2.22. The molecule has 2 aromatic rings. The van der Waals surface area contributed by atoms with Gasteiger partial charge in [-0.1, -0.05) is 18.2 Å². The largest absolute Gasteiger partial charge is 0.361 e. The first-order chi connectivity index (χ1) is 9.28. The highest BCUT2D eigenvalue weighted by Gasteiger charge is 2.24. The number of hydrogen-bond acceptors (Lipinski definition) is 2. The molecule has 1 aliphatic rings. The van der Waals surface area contributed by atoms with Crippen molar-refractivity contribution < 1.29 is 4.79 Å². The van der Waals surface area contributed by atoms with Gasteiger partial charge in [-0.05, 0) is 25.0 Å². The minimum absolute atomic E-state index is 0.150. The Kier molecular flexibility index (Phi) is 2.81. The molecule has 1 heterocycles. The SMILES string of the molecule is N#C/C(=C\c1c[nH]c2ccccc12)C(=O)NC1CC1. The molecule has 1 amide bonds. The second-order valence-corrected chi connectivity index (χ2v) is 4.71. The molecule has 0 radical (unpaired) electrons. The molecule has 19 heavy (non-hydrogen) atoms. The minimum atomic E-state index is -0.282. The van der Waals surface area contributed by atoms with Crippen LogP contribution in [0, 0.1) is 11.3 Å². The van der Waals surface area contributed by atoms with E-state index in [1.165, 1.54) is 0 Å². The van der Waals surface area contributed by atoms with Crippen LogP contribution in [0.25, 0.3) is 17.0 Å². The Hall–Kier alpha value is -2.54. The monoisotopic (exact) mass is 251 g/mol. The van der Waals surface area contributed by atoms with Crippen molar-refractivity contribution in [2.75, 3.05) is 0 Å². The van der Waals surface area contributed by atoms with E-state index in [1.54, 1.807) is 6.08 Å². The first-order valence-corrected chi connectivity index (χ1v) is 6.26. The normalized spacial score (nSPS) is 15.2. The van der Waals surface area contributed by atoms with Crippen LogP contribution in [0.1, 0.15) is 18.4 Å². The molecule has 3 rings (SSSR count). The van der Waals surface area contributed by atoms with Crippen LogP contribution in [-0.4, -0.2) is 16.9 Å². The average Bonchev–Trinajstić information content (AvgIpc) is 3.15. The van der Waals surface area contributed by atoms with Gasteiger partial charge in [-0.15, -0.1) is 0 Å². The summed E-state index contributed by atoms with van der Waals surface area (Å²) in [5.41, 5.74) is 2.00. The fourth-order valence-corrected chi connectivity index (χ4v) is 2.01. The van der Waals surface area contributed by atoms with E-state index in [1.807, 2.05) is 36.5 Å². The number of nitrogens with zero attached hydrogens (tertiary/aromatic N) is 1. The number of nitriles is 1. The second kappa shape index (κ2) is 4.62. The summed E-state index contributed by atoms with van der Waals surface area (Å²) in [5.74, 6) is -0.282. The van der Waals surface area contributed by atoms with Gasteiger partial charge in [0.1, 0.15) is 11.6 Å². The van der Waals surface area contributed by atoms with E-state index in [2.05, 4.69) is 10.3 Å². The van der Waals surface area contributed by atoms with Crippen molar-refractivity contribution in [3.63, 3.8) is 0 Å². The van der Waals surface area contributed by atoms with Crippen LogP contribution in [0.4, 0.5) is 0 Å². The lowest BCUT2D eigenvalue weighted by molar-refractivity contribution is -0.117. The van der Waals surface area contributed by atoms with E-state index >= 15 is 0 Å². The van der Waals surface area contributed by atoms with Crippen LogP contribution in [0.3, 0.4) is 0 Å². The number of H-pyrrole nitrogens is 1. The number of carbonyl (C=O) groups excluding carboxylic acids is 1. The molecule has 0 atom stereocenters. The van der Waals surface area contributed by atoms with E-state index in [9.17, 15) is 4.79 Å². The number of aromatic amines is 1. The molecule has 0 spiro atoms. The molecule has 0 bridgehead atoms. The molecule has 4 heteroatoms. The molecular weight excluding hydrogens is 238 g/mol. The Balaban J connectivity index is 1.93. The number of carbonyl (C=O) groups is 1. The van der Waals surface area contributed by atoms with E-state index in [-0.39, 0.29) is 17.5 Å². The molecule has 0 aliphatic heterocycles. The molecule has 0 unspecified atom stereocenters. The number of nitrogens with one attached hydrogen (secondary N) is 2.